The van der Waals surface area contributed by atoms with E-state index < -0.39 is 0 Å². The third kappa shape index (κ3) is 2.60. The Bertz CT molecular complexity index is 570. The first-order valence-corrected chi connectivity index (χ1v) is 7.46. The highest BCUT2D eigenvalue weighted by molar-refractivity contribution is 7.13. The topological polar surface area (TPSA) is 69.2 Å². The van der Waals surface area contributed by atoms with Crippen LogP contribution in [0.5, 0.6) is 0 Å². The van der Waals surface area contributed by atoms with Crippen molar-refractivity contribution in [2.24, 2.45) is 5.73 Å². The Hall–Kier alpha value is -2.08. The summed E-state index contributed by atoms with van der Waals surface area (Å²) < 4.78 is 0. The van der Waals surface area contributed by atoms with E-state index in [4.69, 9.17) is 11.1 Å². The highest BCUT2D eigenvalue weighted by atomic mass is 32.1. The monoisotopic (exact) mass is 287 g/mol. The summed E-state index contributed by atoms with van der Waals surface area (Å²) in [6.07, 6.45) is 1.85. The maximum atomic E-state index is 7.41. The number of rotatable bonds is 3. The van der Waals surface area contributed by atoms with Gasteiger partial charge in [0.1, 0.15) is 5.84 Å². The Morgan fingerprint density at radius 2 is 1.75 bits per heavy atom. The van der Waals surface area contributed by atoms with E-state index in [1.807, 2.05) is 35.8 Å². The Morgan fingerprint density at radius 1 is 1.10 bits per heavy atom. The zero-order chi connectivity index (χ0) is 13.9. The average molecular weight is 287 g/mol. The number of aromatic nitrogens is 1. The third-order valence-corrected chi connectivity index (χ3v) is 4.35. The largest absolute Gasteiger partial charge is 0.384 e. The van der Waals surface area contributed by atoms with Gasteiger partial charge >= 0.3 is 0 Å². The molecule has 0 atom stereocenters. The first kappa shape index (κ1) is 12.9. The summed E-state index contributed by atoms with van der Waals surface area (Å²) >= 11 is 1.69. The highest BCUT2D eigenvalue weighted by Crippen LogP contribution is 2.22. The van der Waals surface area contributed by atoms with Crippen LogP contribution in [0.4, 0.5) is 10.8 Å². The van der Waals surface area contributed by atoms with E-state index in [2.05, 4.69) is 14.8 Å². The smallest absolute Gasteiger partial charge is 0.185 e. The first-order chi connectivity index (χ1) is 9.74. The van der Waals surface area contributed by atoms with Crippen LogP contribution >= 0.6 is 11.3 Å². The van der Waals surface area contributed by atoms with Gasteiger partial charge in [0.05, 0.1) is 0 Å². The van der Waals surface area contributed by atoms with Gasteiger partial charge in [0, 0.05) is 49.0 Å². The molecule has 2 heterocycles. The fourth-order valence-electron chi connectivity index (χ4n) is 2.38. The molecule has 20 heavy (non-hydrogen) atoms. The quantitative estimate of drug-likeness (QED) is 0.666. The number of amidine groups is 1. The summed E-state index contributed by atoms with van der Waals surface area (Å²) in [6.45, 7) is 3.95. The Labute approximate surface area is 122 Å². The van der Waals surface area contributed by atoms with E-state index in [-0.39, 0.29) is 5.84 Å². The number of nitrogens with zero attached hydrogens (tertiary/aromatic N) is 3. The second kappa shape index (κ2) is 5.50. The number of nitrogens with two attached hydrogens (primary N) is 1. The van der Waals surface area contributed by atoms with Crippen molar-refractivity contribution in [1.29, 1.82) is 5.41 Å². The van der Waals surface area contributed by atoms with Crippen LogP contribution in [0.2, 0.25) is 0 Å². The van der Waals surface area contributed by atoms with Crippen LogP contribution in [0.25, 0.3) is 0 Å². The molecule has 6 heteroatoms. The predicted molar refractivity (Wildman–Crippen MR) is 84.0 cm³/mol. The number of anilines is 2. The number of nitrogen functional groups attached to an aromatic ring is 1. The summed E-state index contributed by atoms with van der Waals surface area (Å²) in [5.74, 6) is 0.116. The van der Waals surface area contributed by atoms with Crippen molar-refractivity contribution in [1.82, 2.24) is 4.98 Å². The van der Waals surface area contributed by atoms with Crippen molar-refractivity contribution in [3.63, 3.8) is 0 Å². The molecule has 1 aromatic heterocycles. The van der Waals surface area contributed by atoms with E-state index in [9.17, 15) is 0 Å². The van der Waals surface area contributed by atoms with Crippen molar-refractivity contribution in [3.8, 4) is 0 Å². The summed E-state index contributed by atoms with van der Waals surface area (Å²) in [4.78, 5) is 9.04. The molecule has 1 saturated heterocycles. The van der Waals surface area contributed by atoms with E-state index >= 15 is 0 Å². The SMILES string of the molecule is N=C(N)c1ccc(N2CCN(c3nccs3)CC2)cc1. The van der Waals surface area contributed by atoms with E-state index in [1.54, 1.807) is 11.3 Å². The van der Waals surface area contributed by atoms with E-state index in [1.165, 1.54) is 5.69 Å². The molecule has 0 unspecified atom stereocenters. The molecule has 0 radical (unpaired) electrons. The lowest BCUT2D eigenvalue weighted by molar-refractivity contribution is 0.652. The zero-order valence-corrected chi connectivity index (χ0v) is 11.9. The predicted octanol–water partition coefficient (Wildman–Crippen LogP) is 1.75. The minimum atomic E-state index is 0.116. The molecule has 5 nitrogen and oxygen atoms in total. The molecule has 0 spiro atoms. The molecule has 3 N–H and O–H groups in total. The van der Waals surface area contributed by atoms with Gasteiger partial charge in [0.2, 0.25) is 0 Å². The Kier molecular flexibility index (Phi) is 3.56. The lowest BCUT2D eigenvalue weighted by Gasteiger charge is -2.36. The third-order valence-electron chi connectivity index (χ3n) is 3.51. The van der Waals surface area contributed by atoms with Gasteiger partial charge in [-0.25, -0.2) is 4.98 Å². The zero-order valence-electron chi connectivity index (χ0n) is 11.1. The molecule has 3 rings (SSSR count). The van der Waals surface area contributed by atoms with Gasteiger partial charge in [-0.3, -0.25) is 5.41 Å². The van der Waals surface area contributed by atoms with Gasteiger partial charge < -0.3 is 15.5 Å². The molecule has 1 fully saturated rings. The molecule has 2 aromatic rings. The van der Waals surface area contributed by atoms with Gasteiger partial charge in [-0.05, 0) is 24.3 Å². The van der Waals surface area contributed by atoms with Crippen LogP contribution in [0.3, 0.4) is 0 Å². The molecule has 104 valence electrons. The van der Waals surface area contributed by atoms with Gasteiger partial charge in [-0.1, -0.05) is 0 Å². The molecule has 0 bridgehead atoms. The molecule has 0 amide bonds. The maximum Gasteiger partial charge on any atom is 0.185 e. The minimum Gasteiger partial charge on any atom is -0.384 e. The van der Waals surface area contributed by atoms with Gasteiger partial charge in [0.15, 0.2) is 5.13 Å². The Balaban J connectivity index is 1.64. The fourth-order valence-corrected chi connectivity index (χ4v) is 3.08. The normalized spacial score (nSPS) is 15.4. The van der Waals surface area contributed by atoms with Gasteiger partial charge in [0.25, 0.3) is 0 Å². The highest BCUT2D eigenvalue weighted by Gasteiger charge is 2.18. The minimum absolute atomic E-state index is 0.116. The van der Waals surface area contributed by atoms with Crippen LogP contribution in [0.15, 0.2) is 35.8 Å². The van der Waals surface area contributed by atoms with E-state index in [0.29, 0.717) is 0 Å². The maximum absolute atomic E-state index is 7.41. The Morgan fingerprint density at radius 3 is 2.30 bits per heavy atom. The van der Waals surface area contributed by atoms with Crippen LogP contribution in [0, 0.1) is 5.41 Å². The number of hydrogen-bond donors (Lipinski definition) is 2. The molecule has 0 saturated carbocycles. The second-order valence-corrected chi connectivity index (χ2v) is 5.62. The average Bonchev–Trinajstić information content (AvgIpc) is 3.02. The number of hydrogen-bond acceptors (Lipinski definition) is 5. The van der Waals surface area contributed by atoms with Gasteiger partial charge in [-0.15, -0.1) is 11.3 Å². The van der Waals surface area contributed by atoms with Crippen molar-refractivity contribution in [2.75, 3.05) is 36.0 Å². The lowest BCUT2D eigenvalue weighted by Crippen LogP contribution is -2.46. The van der Waals surface area contributed by atoms with Crippen molar-refractivity contribution >= 4 is 28.0 Å². The summed E-state index contributed by atoms with van der Waals surface area (Å²) in [5, 5.41) is 10.5. The fraction of sp³-hybridized carbons (Fsp3) is 0.286. The summed E-state index contributed by atoms with van der Waals surface area (Å²) in [5.41, 5.74) is 7.43. The van der Waals surface area contributed by atoms with Crippen LogP contribution in [0.1, 0.15) is 5.56 Å². The number of nitrogens with one attached hydrogen (secondary N) is 1. The number of thiazole rings is 1. The van der Waals surface area contributed by atoms with E-state index in [0.717, 1.165) is 36.9 Å². The lowest BCUT2D eigenvalue weighted by atomic mass is 10.1. The van der Waals surface area contributed by atoms with Crippen molar-refractivity contribution in [2.45, 2.75) is 0 Å². The van der Waals surface area contributed by atoms with Crippen LogP contribution in [-0.4, -0.2) is 37.0 Å². The van der Waals surface area contributed by atoms with Crippen LogP contribution in [-0.2, 0) is 0 Å². The standard InChI is InChI=1S/C14H17N5S/c15-13(16)11-1-3-12(4-2-11)18-6-8-19(9-7-18)14-17-5-10-20-14/h1-5,10H,6-9H2,(H3,15,16). The van der Waals surface area contributed by atoms with Crippen molar-refractivity contribution < 1.29 is 0 Å². The number of piperazine rings is 1. The molecule has 1 aliphatic heterocycles. The molecule has 1 aliphatic rings. The second-order valence-electron chi connectivity index (χ2n) is 4.75. The molecular weight excluding hydrogens is 270 g/mol. The molecule has 1 aromatic carbocycles. The number of benzene rings is 1. The van der Waals surface area contributed by atoms with Crippen molar-refractivity contribution in [3.05, 3.63) is 41.4 Å². The summed E-state index contributed by atoms with van der Waals surface area (Å²) in [7, 11) is 0. The van der Waals surface area contributed by atoms with Crippen LogP contribution < -0.4 is 15.5 Å². The first-order valence-electron chi connectivity index (χ1n) is 6.58. The van der Waals surface area contributed by atoms with Gasteiger partial charge in [-0.2, -0.15) is 0 Å². The molecule has 0 aliphatic carbocycles. The summed E-state index contributed by atoms with van der Waals surface area (Å²) in [6, 6.07) is 7.89. The molecular formula is C14H17N5S.